The molecule has 0 aromatic heterocycles. The van der Waals surface area contributed by atoms with Crippen molar-refractivity contribution in [3.8, 4) is 5.75 Å². The number of aliphatic imine (C=N–C) groups is 1. The van der Waals surface area contributed by atoms with Gasteiger partial charge in [0, 0.05) is 17.0 Å². The Hall–Kier alpha value is -2.52. The van der Waals surface area contributed by atoms with Crippen molar-refractivity contribution < 1.29 is 17.9 Å². The number of sulfonamides is 1. The fourth-order valence-electron chi connectivity index (χ4n) is 2.40. The molecule has 0 radical (unpaired) electrons. The second-order valence-corrected chi connectivity index (χ2v) is 8.35. The van der Waals surface area contributed by atoms with Gasteiger partial charge in [0.15, 0.2) is 5.17 Å². The van der Waals surface area contributed by atoms with E-state index in [0.29, 0.717) is 35.3 Å². The van der Waals surface area contributed by atoms with Crippen LogP contribution in [0.3, 0.4) is 0 Å². The van der Waals surface area contributed by atoms with Crippen LogP contribution < -0.4 is 14.8 Å². The Morgan fingerprint density at radius 1 is 1.22 bits per heavy atom. The van der Waals surface area contributed by atoms with Gasteiger partial charge in [0.05, 0.1) is 18.0 Å². The Morgan fingerprint density at radius 3 is 2.67 bits per heavy atom. The van der Waals surface area contributed by atoms with Crippen molar-refractivity contribution in [2.45, 2.75) is 11.8 Å². The number of amides is 1. The van der Waals surface area contributed by atoms with Crippen LogP contribution in [0.15, 0.2) is 58.4 Å². The summed E-state index contributed by atoms with van der Waals surface area (Å²) in [4.78, 5) is 16.6. The first-order valence-electron chi connectivity index (χ1n) is 8.32. The van der Waals surface area contributed by atoms with Crippen LogP contribution >= 0.6 is 11.8 Å². The summed E-state index contributed by atoms with van der Waals surface area (Å²) in [5.41, 5.74) is 0.648. The van der Waals surface area contributed by atoms with Crippen molar-refractivity contribution >= 4 is 38.5 Å². The summed E-state index contributed by atoms with van der Waals surface area (Å²) in [5, 5.41) is 3.30. The van der Waals surface area contributed by atoms with Crippen molar-refractivity contribution in [2.24, 2.45) is 4.99 Å². The lowest BCUT2D eigenvalue weighted by Crippen LogP contribution is -2.27. The highest BCUT2D eigenvalue weighted by Gasteiger charge is 2.16. The molecule has 27 heavy (non-hydrogen) atoms. The molecule has 0 fully saturated rings. The van der Waals surface area contributed by atoms with E-state index in [4.69, 9.17) is 4.74 Å². The van der Waals surface area contributed by atoms with E-state index in [1.165, 1.54) is 30.0 Å². The van der Waals surface area contributed by atoms with Crippen LogP contribution in [-0.4, -0.2) is 38.4 Å². The van der Waals surface area contributed by atoms with Crippen molar-refractivity contribution in [1.29, 1.82) is 0 Å². The molecule has 0 atom stereocenters. The first kappa shape index (κ1) is 19.2. The lowest BCUT2D eigenvalue weighted by atomic mass is 10.2. The molecule has 0 saturated heterocycles. The van der Waals surface area contributed by atoms with E-state index in [0.717, 1.165) is 5.75 Å². The number of amidine groups is 1. The highest BCUT2D eigenvalue weighted by molar-refractivity contribution is 8.14. The van der Waals surface area contributed by atoms with E-state index in [2.05, 4.69) is 15.0 Å². The molecule has 9 heteroatoms. The Bertz CT molecular complexity index is 957. The van der Waals surface area contributed by atoms with Crippen LogP contribution in [0.5, 0.6) is 5.75 Å². The van der Waals surface area contributed by atoms with Crippen molar-refractivity contribution in [3.63, 3.8) is 0 Å². The zero-order valence-corrected chi connectivity index (χ0v) is 16.3. The van der Waals surface area contributed by atoms with Gasteiger partial charge in [0.25, 0.3) is 15.9 Å². The minimum absolute atomic E-state index is 0.109. The van der Waals surface area contributed by atoms with Crippen molar-refractivity contribution in [2.75, 3.05) is 23.6 Å². The van der Waals surface area contributed by atoms with Crippen LogP contribution in [0.4, 0.5) is 5.69 Å². The van der Waals surface area contributed by atoms with Gasteiger partial charge in [-0.25, -0.2) is 8.42 Å². The highest BCUT2D eigenvalue weighted by atomic mass is 32.2. The van der Waals surface area contributed by atoms with E-state index in [1.807, 2.05) is 6.92 Å². The number of ether oxygens (including phenoxy) is 1. The first-order valence-corrected chi connectivity index (χ1v) is 10.8. The van der Waals surface area contributed by atoms with Gasteiger partial charge in [-0.05, 0) is 49.4 Å². The van der Waals surface area contributed by atoms with Crippen LogP contribution in [0.25, 0.3) is 0 Å². The standard InChI is InChI=1S/C18H19N3O4S2/c1-2-25-15-6-8-16(9-7-15)27(23,24)21-14-5-3-4-13(12-14)17(22)20-18-19-10-11-26-18/h3-9,12,21H,2,10-11H2,1H3,(H,19,20,22). The molecule has 0 unspecified atom stereocenters. The molecule has 1 amide bonds. The number of benzene rings is 2. The van der Waals surface area contributed by atoms with Crippen molar-refractivity contribution in [1.82, 2.24) is 5.32 Å². The number of carbonyl (C=O) groups is 1. The van der Waals surface area contributed by atoms with Gasteiger partial charge in [0.1, 0.15) is 5.75 Å². The second-order valence-electron chi connectivity index (χ2n) is 5.58. The molecule has 7 nitrogen and oxygen atoms in total. The molecule has 2 N–H and O–H groups in total. The Kier molecular flexibility index (Phi) is 6.02. The quantitative estimate of drug-likeness (QED) is 0.770. The molecule has 2 aromatic carbocycles. The Labute approximate surface area is 162 Å². The van der Waals surface area contributed by atoms with Gasteiger partial charge < -0.3 is 10.1 Å². The number of hydrogen-bond acceptors (Lipinski definition) is 6. The number of carbonyl (C=O) groups excluding carboxylic acids is 1. The van der Waals surface area contributed by atoms with Crippen molar-refractivity contribution in [3.05, 3.63) is 54.1 Å². The molecule has 3 rings (SSSR count). The van der Waals surface area contributed by atoms with Gasteiger partial charge in [-0.1, -0.05) is 17.8 Å². The normalized spacial score (nSPS) is 13.7. The van der Waals surface area contributed by atoms with E-state index in [1.54, 1.807) is 30.3 Å². The molecule has 2 aromatic rings. The maximum atomic E-state index is 12.6. The minimum atomic E-state index is -3.77. The molecule has 142 valence electrons. The number of anilines is 1. The van der Waals surface area contributed by atoms with Crippen LogP contribution in [0.2, 0.25) is 0 Å². The summed E-state index contributed by atoms with van der Waals surface area (Å²) >= 11 is 1.48. The molecule has 1 aliphatic heterocycles. The van der Waals surface area contributed by atoms with Crippen LogP contribution in [-0.2, 0) is 10.0 Å². The topological polar surface area (TPSA) is 96.9 Å². The summed E-state index contributed by atoms with van der Waals surface area (Å²) in [7, 11) is -3.77. The minimum Gasteiger partial charge on any atom is -0.494 e. The van der Waals surface area contributed by atoms with Gasteiger partial charge in [-0.3, -0.25) is 14.5 Å². The van der Waals surface area contributed by atoms with Gasteiger partial charge in [-0.15, -0.1) is 0 Å². The average Bonchev–Trinajstić information content (AvgIpc) is 3.15. The Balaban J connectivity index is 1.73. The molecule has 0 saturated carbocycles. The molecule has 1 aliphatic rings. The largest absolute Gasteiger partial charge is 0.494 e. The van der Waals surface area contributed by atoms with Gasteiger partial charge in [0.2, 0.25) is 0 Å². The molecule has 0 aliphatic carbocycles. The molecule has 1 heterocycles. The number of hydrogen-bond donors (Lipinski definition) is 2. The molecule has 0 spiro atoms. The fourth-order valence-corrected chi connectivity index (χ4v) is 4.17. The van der Waals surface area contributed by atoms with Crippen LogP contribution in [0.1, 0.15) is 17.3 Å². The summed E-state index contributed by atoms with van der Waals surface area (Å²) in [6, 6.07) is 12.5. The third-order valence-electron chi connectivity index (χ3n) is 3.63. The zero-order valence-electron chi connectivity index (χ0n) is 14.6. The monoisotopic (exact) mass is 405 g/mol. The predicted molar refractivity (Wildman–Crippen MR) is 107 cm³/mol. The average molecular weight is 406 g/mol. The maximum absolute atomic E-state index is 12.6. The van der Waals surface area contributed by atoms with E-state index < -0.39 is 10.0 Å². The van der Waals surface area contributed by atoms with E-state index in [9.17, 15) is 13.2 Å². The highest BCUT2D eigenvalue weighted by Crippen LogP contribution is 2.20. The number of rotatable bonds is 6. The zero-order chi connectivity index (χ0) is 19.3. The third-order valence-corrected chi connectivity index (χ3v) is 5.92. The van der Waals surface area contributed by atoms with E-state index in [-0.39, 0.29) is 10.8 Å². The van der Waals surface area contributed by atoms with Crippen LogP contribution in [0, 0.1) is 0 Å². The molecule has 0 bridgehead atoms. The van der Waals surface area contributed by atoms with Gasteiger partial charge in [-0.2, -0.15) is 0 Å². The first-order chi connectivity index (χ1) is 13.0. The summed E-state index contributed by atoms with van der Waals surface area (Å²) in [5.74, 6) is 1.12. The summed E-state index contributed by atoms with van der Waals surface area (Å²) in [6.07, 6.45) is 0. The number of nitrogens with zero attached hydrogens (tertiary/aromatic N) is 1. The van der Waals surface area contributed by atoms with Gasteiger partial charge >= 0.3 is 0 Å². The smallest absolute Gasteiger partial charge is 0.261 e. The number of thioether (sulfide) groups is 1. The third kappa shape index (κ3) is 5.01. The Morgan fingerprint density at radius 2 is 2.00 bits per heavy atom. The predicted octanol–water partition coefficient (Wildman–Crippen LogP) is 2.72. The molecular formula is C18H19N3O4S2. The lowest BCUT2D eigenvalue weighted by molar-refractivity contribution is 0.0978. The lowest BCUT2D eigenvalue weighted by Gasteiger charge is -2.10. The summed E-state index contributed by atoms with van der Waals surface area (Å²) in [6.45, 7) is 3.04. The second kappa shape index (κ2) is 8.45. The fraction of sp³-hybridized carbons (Fsp3) is 0.222. The van der Waals surface area contributed by atoms with E-state index >= 15 is 0 Å². The summed E-state index contributed by atoms with van der Waals surface area (Å²) < 4.78 is 32.9. The SMILES string of the molecule is CCOc1ccc(S(=O)(=O)Nc2cccc(C(=O)NC3=NCCS3)c2)cc1. The number of nitrogens with one attached hydrogen (secondary N) is 2. The maximum Gasteiger partial charge on any atom is 0.261 e. The molecular weight excluding hydrogens is 386 g/mol.